The van der Waals surface area contributed by atoms with Gasteiger partial charge in [-0.2, -0.15) is 5.10 Å². The van der Waals surface area contributed by atoms with E-state index in [9.17, 15) is 4.79 Å². The van der Waals surface area contributed by atoms with Gasteiger partial charge in [-0.1, -0.05) is 13.3 Å². The minimum absolute atomic E-state index is 0.0655. The highest BCUT2D eigenvalue weighted by Crippen LogP contribution is 2.04. The first-order chi connectivity index (χ1) is 6.74. The van der Waals surface area contributed by atoms with Gasteiger partial charge in [-0.3, -0.25) is 9.89 Å². The number of nitrogens with zero attached hydrogens (tertiary/aromatic N) is 2. The SMILES string of the molecule is CCCCC(=O)NC(C)c1ncn[nH]1. The van der Waals surface area contributed by atoms with E-state index in [0.29, 0.717) is 12.2 Å². The van der Waals surface area contributed by atoms with Crippen molar-refractivity contribution in [2.45, 2.75) is 39.2 Å². The zero-order valence-corrected chi connectivity index (χ0v) is 8.58. The number of aromatic amines is 1. The van der Waals surface area contributed by atoms with Gasteiger partial charge >= 0.3 is 0 Å². The van der Waals surface area contributed by atoms with Gasteiger partial charge in [-0.05, 0) is 13.3 Å². The molecule has 1 amide bonds. The molecule has 1 aromatic rings. The molecule has 0 radical (unpaired) electrons. The van der Waals surface area contributed by atoms with Crippen LogP contribution in [0.4, 0.5) is 0 Å². The number of rotatable bonds is 5. The Hall–Kier alpha value is -1.39. The highest BCUT2D eigenvalue weighted by atomic mass is 16.1. The van der Waals surface area contributed by atoms with Crippen molar-refractivity contribution >= 4 is 5.91 Å². The quantitative estimate of drug-likeness (QED) is 0.742. The summed E-state index contributed by atoms with van der Waals surface area (Å²) >= 11 is 0. The summed E-state index contributed by atoms with van der Waals surface area (Å²) in [6.45, 7) is 3.94. The van der Waals surface area contributed by atoms with Crippen LogP contribution in [0, 0.1) is 0 Å². The predicted molar refractivity (Wildman–Crippen MR) is 52.5 cm³/mol. The maximum atomic E-state index is 11.3. The fourth-order valence-corrected chi connectivity index (χ4v) is 1.14. The molecule has 1 rings (SSSR count). The maximum Gasteiger partial charge on any atom is 0.220 e. The van der Waals surface area contributed by atoms with E-state index in [1.165, 1.54) is 6.33 Å². The average Bonchev–Trinajstić information content (AvgIpc) is 2.67. The molecular formula is C9H16N4O. The van der Waals surface area contributed by atoms with Crippen LogP contribution in [-0.4, -0.2) is 21.1 Å². The molecular weight excluding hydrogens is 180 g/mol. The Kier molecular flexibility index (Phi) is 4.10. The molecule has 0 fully saturated rings. The lowest BCUT2D eigenvalue weighted by molar-refractivity contribution is -0.121. The molecule has 0 aliphatic heterocycles. The normalized spacial score (nSPS) is 12.4. The van der Waals surface area contributed by atoms with Crippen molar-refractivity contribution in [1.29, 1.82) is 0 Å². The predicted octanol–water partition coefficient (Wildman–Crippen LogP) is 1.17. The number of carbonyl (C=O) groups is 1. The molecule has 1 unspecified atom stereocenters. The lowest BCUT2D eigenvalue weighted by atomic mass is 10.2. The Morgan fingerprint density at radius 3 is 3.07 bits per heavy atom. The Labute approximate surface area is 83.3 Å². The Balaban J connectivity index is 2.33. The number of carbonyl (C=O) groups excluding carboxylic acids is 1. The Morgan fingerprint density at radius 1 is 1.71 bits per heavy atom. The van der Waals surface area contributed by atoms with Crippen LogP contribution >= 0.6 is 0 Å². The van der Waals surface area contributed by atoms with Gasteiger partial charge in [0, 0.05) is 6.42 Å². The van der Waals surface area contributed by atoms with Gasteiger partial charge in [0.05, 0.1) is 6.04 Å². The summed E-state index contributed by atoms with van der Waals surface area (Å²) < 4.78 is 0. The van der Waals surface area contributed by atoms with E-state index in [4.69, 9.17) is 0 Å². The summed E-state index contributed by atoms with van der Waals surface area (Å²) in [5.74, 6) is 0.755. The number of unbranched alkanes of at least 4 members (excludes halogenated alkanes) is 1. The molecule has 14 heavy (non-hydrogen) atoms. The zero-order chi connectivity index (χ0) is 10.4. The van der Waals surface area contributed by atoms with Crippen LogP contribution < -0.4 is 5.32 Å². The van der Waals surface area contributed by atoms with Gasteiger partial charge in [0.1, 0.15) is 12.2 Å². The first-order valence-electron chi connectivity index (χ1n) is 4.88. The molecule has 0 aliphatic rings. The van der Waals surface area contributed by atoms with E-state index < -0.39 is 0 Å². The molecule has 1 atom stereocenters. The van der Waals surface area contributed by atoms with E-state index in [0.717, 1.165) is 12.8 Å². The molecule has 1 heterocycles. The van der Waals surface area contributed by atoms with Crippen LogP contribution in [-0.2, 0) is 4.79 Å². The molecule has 5 nitrogen and oxygen atoms in total. The highest BCUT2D eigenvalue weighted by molar-refractivity contribution is 5.76. The largest absolute Gasteiger partial charge is 0.346 e. The standard InChI is InChI=1S/C9H16N4O/c1-3-4-5-8(14)12-7(2)9-10-6-11-13-9/h6-7H,3-5H2,1-2H3,(H,12,14)(H,10,11,13). The molecule has 2 N–H and O–H groups in total. The van der Waals surface area contributed by atoms with Crippen LogP contribution in [0.1, 0.15) is 45.0 Å². The van der Waals surface area contributed by atoms with Crippen LogP contribution in [0.25, 0.3) is 0 Å². The summed E-state index contributed by atoms with van der Waals surface area (Å²) in [4.78, 5) is 15.3. The first kappa shape index (κ1) is 10.7. The number of hydrogen-bond acceptors (Lipinski definition) is 3. The van der Waals surface area contributed by atoms with E-state index >= 15 is 0 Å². The van der Waals surface area contributed by atoms with Crippen molar-refractivity contribution in [1.82, 2.24) is 20.5 Å². The van der Waals surface area contributed by atoms with Gasteiger partial charge in [-0.25, -0.2) is 4.98 Å². The van der Waals surface area contributed by atoms with Crippen molar-refractivity contribution in [2.24, 2.45) is 0 Å². The Morgan fingerprint density at radius 2 is 2.50 bits per heavy atom. The number of H-pyrrole nitrogens is 1. The first-order valence-corrected chi connectivity index (χ1v) is 4.88. The molecule has 1 aromatic heterocycles. The minimum atomic E-state index is -0.0955. The molecule has 0 spiro atoms. The molecule has 0 aliphatic carbocycles. The topological polar surface area (TPSA) is 70.7 Å². The van der Waals surface area contributed by atoms with Gasteiger partial charge < -0.3 is 5.32 Å². The average molecular weight is 196 g/mol. The minimum Gasteiger partial charge on any atom is -0.346 e. The third-order valence-corrected chi connectivity index (χ3v) is 1.98. The third kappa shape index (κ3) is 3.16. The second-order valence-electron chi connectivity index (χ2n) is 3.26. The molecule has 0 saturated carbocycles. The van der Waals surface area contributed by atoms with Crippen LogP contribution in [0.2, 0.25) is 0 Å². The van der Waals surface area contributed by atoms with Gasteiger partial charge in [-0.15, -0.1) is 0 Å². The second kappa shape index (κ2) is 5.36. The summed E-state index contributed by atoms with van der Waals surface area (Å²) in [7, 11) is 0. The van der Waals surface area contributed by atoms with Crippen LogP contribution in [0.15, 0.2) is 6.33 Å². The molecule has 0 saturated heterocycles. The lowest BCUT2D eigenvalue weighted by Crippen LogP contribution is -2.27. The fourth-order valence-electron chi connectivity index (χ4n) is 1.14. The van der Waals surface area contributed by atoms with Gasteiger partial charge in [0.15, 0.2) is 0 Å². The summed E-state index contributed by atoms with van der Waals surface area (Å²) in [6.07, 6.45) is 3.97. The summed E-state index contributed by atoms with van der Waals surface area (Å²) in [6, 6.07) is -0.0955. The van der Waals surface area contributed by atoms with Gasteiger partial charge in [0.25, 0.3) is 0 Å². The zero-order valence-electron chi connectivity index (χ0n) is 8.58. The molecule has 5 heteroatoms. The maximum absolute atomic E-state index is 11.3. The fraction of sp³-hybridized carbons (Fsp3) is 0.667. The highest BCUT2D eigenvalue weighted by Gasteiger charge is 2.10. The summed E-state index contributed by atoms with van der Waals surface area (Å²) in [5.41, 5.74) is 0. The monoisotopic (exact) mass is 196 g/mol. The number of amides is 1. The van der Waals surface area contributed by atoms with E-state index in [1.807, 2.05) is 6.92 Å². The lowest BCUT2D eigenvalue weighted by Gasteiger charge is -2.10. The van der Waals surface area contributed by atoms with Crippen molar-refractivity contribution in [3.63, 3.8) is 0 Å². The molecule has 0 aromatic carbocycles. The molecule has 0 bridgehead atoms. The smallest absolute Gasteiger partial charge is 0.220 e. The van der Waals surface area contributed by atoms with E-state index in [2.05, 4.69) is 27.4 Å². The van der Waals surface area contributed by atoms with Crippen LogP contribution in [0.5, 0.6) is 0 Å². The number of aromatic nitrogens is 3. The van der Waals surface area contributed by atoms with Crippen molar-refractivity contribution in [3.8, 4) is 0 Å². The van der Waals surface area contributed by atoms with Crippen molar-refractivity contribution < 1.29 is 4.79 Å². The van der Waals surface area contributed by atoms with Gasteiger partial charge in [0.2, 0.25) is 5.91 Å². The van der Waals surface area contributed by atoms with Crippen molar-refractivity contribution in [2.75, 3.05) is 0 Å². The van der Waals surface area contributed by atoms with Crippen molar-refractivity contribution in [3.05, 3.63) is 12.2 Å². The number of hydrogen-bond donors (Lipinski definition) is 2. The third-order valence-electron chi connectivity index (χ3n) is 1.98. The molecule has 78 valence electrons. The Bertz CT molecular complexity index is 270. The second-order valence-corrected chi connectivity index (χ2v) is 3.26. The summed E-state index contributed by atoms with van der Waals surface area (Å²) in [5, 5.41) is 9.29. The van der Waals surface area contributed by atoms with E-state index in [1.54, 1.807) is 0 Å². The van der Waals surface area contributed by atoms with E-state index in [-0.39, 0.29) is 11.9 Å². The number of nitrogens with one attached hydrogen (secondary N) is 2. The van der Waals surface area contributed by atoms with Crippen LogP contribution in [0.3, 0.4) is 0 Å².